The standard InChI is InChI=1S/C13H17O4P/c1-4-5-9-12(2)16-18(14,15-3)17-13-10-7-6-8-11-13/h4-11H,1-3H3/b5-4-,12-9+. The molecule has 1 aromatic rings. The molecule has 18 heavy (non-hydrogen) atoms. The highest BCUT2D eigenvalue weighted by atomic mass is 31.2. The van der Waals surface area contributed by atoms with Crippen LogP contribution >= 0.6 is 7.82 Å². The third-order valence-electron chi connectivity index (χ3n) is 1.96. The van der Waals surface area contributed by atoms with E-state index in [2.05, 4.69) is 0 Å². The van der Waals surface area contributed by atoms with Crippen molar-refractivity contribution in [1.29, 1.82) is 0 Å². The summed E-state index contributed by atoms with van der Waals surface area (Å²) in [5, 5.41) is 0. The zero-order valence-corrected chi connectivity index (χ0v) is 11.6. The molecule has 0 heterocycles. The molecule has 1 unspecified atom stereocenters. The Labute approximate surface area is 107 Å². The van der Waals surface area contributed by atoms with E-state index in [9.17, 15) is 4.57 Å². The van der Waals surface area contributed by atoms with Gasteiger partial charge in [-0.25, -0.2) is 4.57 Å². The Morgan fingerprint density at radius 3 is 2.50 bits per heavy atom. The van der Waals surface area contributed by atoms with E-state index >= 15 is 0 Å². The van der Waals surface area contributed by atoms with Crippen LogP contribution in [0.25, 0.3) is 0 Å². The maximum atomic E-state index is 12.2. The smallest absolute Gasteiger partial charge is 0.400 e. The van der Waals surface area contributed by atoms with Crippen molar-refractivity contribution in [2.24, 2.45) is 0 Å². The summed E-state index contributed by atoms with van der Waals surface area (Å²) < 4.78 is 27.5. The van der Waals surface area contributed by atoms with Crippen LogP contribution in [0.5, 0.6) is 5.75 Å². The maximum absolute atomic E-state index is 12.2. The molecule has 1 aromatic carbocycles. The Hall–Kier alpha value is -1.51. The van der Waals surface area contributed by atoms with Gasteiger partial charge in [-0.3, -0.25) is 4.52 Å². The van der Waals surface area contributed by atoms with Crippen molar-refractivity contribution >= 4 is 7.82 Å². The number of rotatable bonds is 6. The molecular formula is C13H17O4P. The van der Waals surface area contributed by atoms with Gasteiger partial charge in [-0.15, -0.1) is 0 Å². The molecule has 0 bridgehead atoms. The lowest BCUT2D eigenvalue weighted by Gasteiger charge is -2.17. The molecule has 4 nitrogen and oxygen atoms in total. The van der Waals surface area contributed by atoms with Crippen LogP contribution in [0.1, 0.15) is 13.8 Å². The van der Waals surface area contributed by atoms with Crippen LogP contribution in [0.3, 0.4) is 0 Å². The Balaban J connectivity index is 2.77. The first kappa shape index (κ1) is 14.6. The minimum absolute atomic E-state index is 0.432. The zero-order chi connectivity index (χ0) is 13.4. The third kappa shape index (κ3) is 4.78. The molecule has 0 aliphatic heterocycles. The number of para-hydroxylation sites is 1. The first-order valence-corrected chi connectivity index (χ1v) is 6.95. The number of hydrogen-bond acceptors (Lipinski definition) is 4. The Morgan fingerprint density at radius 2 is 1.94 bits per heavy atom. The summed E-state index contributed by atoms with van der Waals surface area (Å²) in [5.41, 5.74) is 0. The Morgan fingerprint density at radius 1 is 1.28 bits per heavy atom. The van der Waals surface area contributed by atoms with E-state index < -0.39 is 7.82 Å². The number of allylic oxidation sites excluding steroid dienone is 4. The van der Waals surface area contributed by atoms with E-state index in [0.717, 1.165) is 0 Å². The van der Waals surface area contributed by atoms with Gasteiger partial charge in [-0.05, 0) is 32.1 Å². The summed E-state index contributed by atoms with van der Waals surface area (Å²) in [4.78, 5) is 0. The molecular weight excluding hydrogens is 251 g/mol. The predicted molar refractivity (Wildman–Crippen MR) is 71.3 cm³/mol. The minimum atomic E-state index is -3.62. The summed E-state index contributed by atoms with van der Waals surface area (Å²) in [6.45, 7) is 3.56. The van der Waals surface area contributed by atoms with Gasteiger partial charge >= 0.3 is 7.82 Å². The van der Waals surface area contributed by atoms with Gasteiger partial charge in [0.25, 0.3) is 0 Å². The quantitative estimate of drug-likeness (QED) is 0.438. The SMILES string of the molecule is C/C=C\C=C(/C)OP(=O)(OC)Oc1ccccc1. The number of phosphoric acid groups is 1. The lowest BCUT2D eigenvalue weighted by molar-refractivity contribution is 0.217. The number of phosphoric ester groups is 1. The normalized spacial score (nSPS) is 15.4. The molecule has 0 saturated carbocycles. The van der Waals surface area contributed by atoms with E-state index in [1.807, 2.05) is 19.1 Å². The highest BCUT2D eigenvalue weighted by Crippen LogP contribution is 2.50. The summed E-state index contributed by atoms with van der Waals surface area (Å²) in [5.74, 6) is 0.885. The second kappa shape index (κ2) is 7.04. The number of hydrogen-bond donors (Lipinski definition) is 0. The lowest BCUT2D eigenvalue weighted by atomic mass is 10.3. The topological polar surface area (TPSA) is 44.8 Å². The summed E-state index contributed by atoms with van der Waals surface area (Å²) in [6, 6.07) is 8.75. The van der Waals surface area contributed by atoms with Crippen LogP contribution in [-0.4, -0.2) is 7.11 Å². The Kier molecular flexibility index (Phi) is 5.69. The Bertz CT molecular complexity index is 465. The average Bonchev–Trinajstić information content (AvgIpc) is 2.37. The van der Waals surface area contributed by atoms with Gasteiger partial charge in [0.05, 0.1) is 0 Å². The molecule has 0 fully saturated rings. The summed E-state index contributed by atoms with van der Waals surface area (Å²) >= 11 is 0. The third-order valence-corrected chi connectivity index (χ3v) is 3.36. The fraction of sp³-hybridized carbons (Fsp3) is 0.231. The molecule has 0 aromatic heterocycles. The first-order valence-electron chi connectivity index (χ1n) is 5.49. The highest BCUT2D eigenvalue weighted by molar-refractivity contribution is 7.49. The fourth-order valence-corrected chi connectivity index (χ4v) is 2.12. The van der Waals surface area contributed by atoms with Gasteiger partial charge in [0.1, 0.15) is 11.5 Å². The number of benzene rings is 1. The van der Waals surface area contributed by atoms with Gasteiger partial charge in [-0.1, -0.05) is 30.4 Å². The highest BCUT2D eigenvalue weighted by Gasteiger charge is 2.28. The molecule has 98 valence electrons. The molecule has 0 saturated heterocycles. The monoisotopic (exact) mass is 268 g/mol. The first-order chi connectivity index (χ1) is 8.59. The van der Waals surface area contributed by atoms with Gasteiger partial charge < -0.3 is 9.05 Å². The molecule has 1 rings (SSSR count). The van der Waals surface area contributed by atoms with Crippen molar-refractivity contribution < 1.29 is 18.1 Å². The molecule has 0 spiro atoms. The molecule has 0 aliphatic rings. The van der Waals surface area contributed by atoms with Crippen molar-refractivity contribution in [2.75, 3.05) is 7.11 Å². The van der Waals surface area contributed by atoms with Crippen molar-refractivity contribution in [2.45, 2.75) is 13.8 Å². The van der Waals surface area contributed by atoms with Gasteiger partial charge in [-0.2, -0.15) is 0 Å². The van der Waals surface area contributed by atoms with Crippen LogP contribution in [0, 0.1) is 0 Å². The molecule has 1 atom stereocenters. The van der Waals surface area contributed by atoms with Crippen molar-refractivity contribution in [1.82, 2.24) is 0 Å². The fourth-order valence-electron chi connectivity index (χ4n) is 1.14. The van der Waals surface area contributed by atoms with Gasteiger partial charge in [0, 0.05) is 7.11 Å². The van der Waals surface area contributed by atoms with Crippen LogP contribution in [0.15, 0.2) is 54.3 Å². The van der Waals surface area contributed by atoms with E-state index in [-0.39, 0.29) is 0 Å². The molecule has 0 radical (unpaired) electrons. The molecule has 0 aliphatic carbocycles. The van der Waals surface area contributed by atoms with E-state index in [4.69, 9.17) is 13.6 Å². The predicted octanol–water partition coefficient (Wildman–Crippen LogP) is 4.32. The lowest BCUT2D eigenvalue weighted by Crippen LogP contribution is -1.99. The molecule has 5 heteroatoms. The van der Waals surface area contributed by atoms with E-state index in [0.29, 0.717) is 11.5 Å². The second-order valence-corrected chi connectivity index (χ2v) is 5.05. The van der Waals surface area contributed by atoms with Gasteiger partial charge in [0.2, 0.25) is 0 Å². The molecule has 0 amide bonds. The summed E-state index contributed by atoms with van der Waals surface area (Å²) in [7, 11) is -2.34. The van der Waals surface area contributed by atoms with E-state index in [1.165, 1.54) is 7.11 Å². The van der Waals surface area contributed by atoms with Crippen molar-refractivity contribution in [3.05, 3.63) is 54.3 Å². The zero-order valence-electron chi connectivity index (χ0n) is 10.7. The van der Waals surface area contributed by atoms with Crippen LogP contribution in [-0.2, 0) is 13.6 Å². The van der Waals surface area contributed by atoms with Crippen LogP contribution in [0.2, 0.25) is 0 Å². The van der Waals surface area contributed by atoms with Crippen molar-refractivity contribution in [3.63, 3.8) is 0 Å². The van der Waals surface area contributed by atoms with Crippen LogP contribution in [0.4, 0.5) is 0 Å². The van der Waals surface area contributed by atoms with Crippen LogP contribution < -0.4 is 4.52 Å². The van der Waals surface area contributed by atoms with Gasteiger partial charge in [0.15, 0.2) is 0 Å². The minimum Gasteiger partial charge on any atom is -0.400 e. The second-order valence-electron chi connectivity index (χ2n) is 3.43. The van der Waals surface area contributed by atoms with E-state index in [1.54, 1.807) is 43.3 Å². The summed E-state index contributed by atoms with van der Waals surface area (Å²) in [6.07, 6.45) is 5.29. The average molecular weight is 268 g/mol. The largest absolute Gasteiger partial charge is 0.586 e. The maximum Gasteiger partial charge on any atom is 0.586 e. The van der Waals surface area contributed by atoms with Crippen molar-refractivity contribution in [3.8, 4) is 5.75 Å². The molecule has 0 N–H and O–H groups in total.